The molecule has 0 fully saturated rings. The summed E-state index contributed by atoms with van der Waals surface area (Å²) in [7, 11) is 0. The summed E-state index contributed by atoms with van der Waals surface area (Å²) in [6, 6.07) is 0. The van der Waals surface area contributed by atoms with Gasteiger partial charge in [0.05, 0.1) is 0 Å². The SMILES string of the molecule is CCNC(=O)/C(CC)=C(\C)CCC=C(C)C. The average molecular weight is 223 g/mol. The number of likely N-dealkylation sites (N-methyl/N-ethyl adjacent to an activating group) is 1. The monoisotopic (exact) mass is 223 g/mol. The summed E-state index contributed by atoms with van der Waals surface area (Å²) in [5.74, 6) is 0.0969. The van der Waals surface area contributed by atoms with E-state index in [2.05, 4.69) is 32.2 Å². The molecular weight excluding hydrogens is 198 g/mol. The van der Waals surface area contributed by atoms with Crippen LogP contribution in [-0.2, 0) is 4.79 Å². The topological polar surface area (TPSA) is 29.1 Å². The average Bonchev–Trinajstić information content (AvgIpc) is 2.18. The molecule has 0 atom stereocenters. The Hall–Kier alpha value is -1.05. The van der Waals surface area contributed by atoms with Gasteiger partial charge in [-0.2, -0.15) is 0 Å². The van der Waals surface area contributed by atoms with Gasteiger partial charge in [0.1, 0.15) is 0 Å². The normalized spacial score (nSPS) is 11.8. The first-order valence-electron chi connectivity index (χ1n) is 6.13. The number of hydrogen-bond donors (Lipinski definition) is 1. The lowest BCUT2D eigenvalue weighted by molar-refractivity contribution is -0.117. The first kappa shape index (κ1) is 14.9. The molecule has 0 aliphatic rings. The van der Waals surface area contributed by atoms with Crippen LogP contribution in [0, 0.1) is 0 Å². The molecule has 0 aliphatic carbocycles. The minimum atomic E-state index is 0.0969. The second kappa shape index (κ2) is 8.14. The fourth-order valence-corrected chi connectivity index (χ4v) is 1.65. The van der Waals surface area contributed by atoms with Gasteiger partial charge >= 0.3 is 0 Å². The van der Waals surface area contributed by atoms with Gasteiger partial charge in [0.2, 0.25) is 5.91 Å². The van der Waals surface area contributed by atoms with Crippen LogP contribution in [0.1, 0.15) is 53.9 Å². The van der Waals surface area contributed by atoms with Crippen LogP contribution >= 0.6 is 0 Å². The van der Waals surface area contributed by atoms with Crippen molar-refractivity contribution in [2.45, 2.75) is 53.9 Å². The Morgan fingerprint density at radius 3 is 2.25 bits per heavy atom. The van der Waals surface area contributed by atoms with E-state index in [0.29, 0.717) is 6.54 Å². The predicted molar refractivity (Wildman–Crippen MR) is 70.3 cm³/mol. The largest absolute Gasteiger partial charge is 0.353 e. The van der Waals surface area contributed by atoms with E-state index >= 15 is 0 Å². The van der Waals surface area contributed by atoms with Crippen molar-refractivity contribution in [3.8, 4) is 0 Å². The molecular formula is C14H25NO. The van der Waals surface area contributed by atoms with E-state index in [1.54, 1.807) is 0 Å². The fourth-order valence-electron chi connectivity index (χ4n) is 1.65. The zero-order chi connectivity index (χ0) is 12.6. The van der Waals surface area contributed by atoms with Crippen molar-refractivity contribution >= 4 is 5.91 Å². The summed E-state index contributed by atoms with van der Waals surface area (Å²) < 4.78 is 0. The molecule has 2 heteroatoms. The van der Waals surface area contributed by atoms with Crippen molar-refractivity contribution in [2.24, 2.45) is 0 Å². The molecule has 2 nitrogen and oxygen atoms in total. The van der Waals surface area contributed by atoms with Crippen molar-refractivity contribution in [3.05, 3.63) is 22.8 Å². The zero-order valence-electron chi connectivity index (χ0n) is 11.3. The minimum Gasteiger partial charge on any atom is -0.353 e. The molecule has 0 radical (unpaired) electrons. The van der Waals surface area contributed by atoms with Crippen molar-refractivity contribution in [3.63, 3.8) is 0 Å². The van der Waals surface area contributed by atoms with Gasteiger partial charge in [-0.1, -0.05) is 24.1 Å². The summed E-state index contributed by atoms with van der Waals surface area (Å²) >= 11 is 0. The van der Waals surface area contributed by atoms with E-state index in [1.807, 2.05) is 13.8 Å². The van der Waals surface area contributed by atoms with Crippen LogP contribution in [-0.4, -0.2) is 12.5 Å². The molecule has 92 valence electrons. The Balaban J connectivity index is 4.49. The molecule has 0 aromatic heterocycles. The maximum absolute atomic E-state index is 11.7. The van der Waals surface area contributed by atoms with Crippen LogP contribution in [0.2, 0.25) is 0 Å². The Morgan fingerprint density at radius 1 is 1.19 bits per heavy atom. The number of nitrogens with one attached hydrogen (secondary N) is 1. The van der Waals surface area contributed by atoms with E-state index in [1.165, 1.54) is 11.1 Å². The lowest BCUT2D eigenvalue weighted by atomic mass is 10.0. The first-order valence-corrected chi connectivity index (χ1v) is 6.13. The van der Waals surface area contributed by atoms with Gasteiger partial charge in [0.15, 0.2) is 0 Å². The van der Waals surface area contributed by atoms with Gasteiger partial charge in [0, 0.05) is 12.1 Å². The molecule has 0 aromatic carbocycles. The number of allylic oxidation sites excluding steroid dienone is 3. The van der Waals surface area contributed by atoms with E-state index < -0.39 is 0 Å². The molecule has 16 heavy (non-hydrogen) atoms. The highest BCUT2D eigenvalue weighted by molar-refractivity contribution is 5.93. The zero-order valence-corrected chi connectivity index (χ0v) is 11.3. The second-order valence-corrected chi connectivity index (χ2v) is 4.29. The molecule has 0 saturated heterocycles. The molecule has 0 unspecified atom stereocenters. The number of carbonyl (C=O) groups is 1. The third-order valence-electron chi connectivity index (χ3n) is 2.55. The van der Waals surface area contributed by atoms with Crippen LogP contribution in [0.5, 0.6) is 0 Å². The van der Waals surface area contributed by atoms with Gasteiger partial charge in [-0.05, 0) is 47.0 Å². The quantitative estimate of drug-likeness (QED) is 0.541. The maximum atomic E-state index is 11.7. The van der Waals surface area contributed by atoms with Gasteiger partial charge in [-0.25, -0.2) is 0 Å². The Kier molecular flexibility index (Phi) is 7.61. The third kappa shape index (κ3) is 5.74. The summed E-state index contributed by atoms with van der Waals surface area (Å²) in [4.78, 5) is 11.7. The van der Waals surface area contributed by atoms with Crippen LogP contribution < -0.4 is 5.32 Å². The van der Waals surface area contributed by atoms with E-state index in [-0.39, 0.29) is 5.91 Å². The number of rotatable bonds is 6. The minimum absolute atomic E-state index is 0.0969. The van der Waals surface area contributed by atoms with Gasteiger partial charge in [-0.3, -0.25) is 4.79 Å². The van der Waals surface area contributed by atoms with Gasteiger partial charge in [-0.15, -0.1) is 0 Å². The van der Waals surface area contributed by atoms with Gasteiger partial charge < -0.3 is 5.32 Å². The number of carbonyl (C=O) groups excluding carboxylic acids is 1. The summed E-state index contributed by atoms with van der Waals surface area (Å²) in [6.07, 6.45) is 5.03. The Bertz CT molecular complexity index is 283. The van der Waals surface area contributed by atoms with E-state index in [4.69, 9.17) is 0 Å². The molecule has 0 spiro atoms. The van der Waals surface area contributed by atoms with Gasteiger partial charge in [0.25, 0.3) is 0 Å². The molecule has 1 amide bonds. The van der Waals surface area contributed by atoms with E-state index in [9.17, 15) is 4.79 Å². The maximum Gasteiger partial charge on any atom is 0.247 e. The molecule has 0 saturated carbocycles. The molecule has 0 heterocycles. The first-order chi connectivity index (χ1) is 7.52. The van der Waals surface area contributed by atoms with Crippen LogP contribution in [0.15, 0.2) is 22.8 Å². The molecule has 0 aromatic rings. The van der Waals surface area contributed by atoms with Crippen LogP contribution in [0.25, 0.3) is 0 Å². The highest BCUT2D eigenvalue weighted by Crippen LogP contribution is 2.15. The highest BCUT2D eigenvalue weighted by Gasteiger charge is 2.08. The molecule has 0 rings (SSSR count). The smallest absolute Gasteiger partial charge is 0.247 e. The van der Waals surface area contributed by atoms with E-state index in [0.717, 1.165) is 24.8 Å². The fraction of sp³-hybridized carbons (Fsp3) is 0.643. The van der Waals surface area contributed by atoms with Crippen molar-refractivity contribution in [1.82, 2.24) is 5.32 Å². The van der Waals surface area contributed by atoms with Crippen LogP contribution in [0.4, 0.5) is 0 Å². The molecule has 1 N–H and O–H groups in total. The molecule has 0 bridgehead atoms. The summed E-state index contributed by atoms with van der Waals surface area (Å²) in [5.41, 5.74) is 3.50. The van der Waals surface area contributed by atoms with Crippen molar-refractivity contribution < 1.29 is 4.79 Å². The predicted octanol–water partition coefficient (Wildman–Crippen LogP) is 3.60. The Labute approximate surface area is 99.8 Å². The highest BCUT2D eigenvalue weighted by atomic mass is 16.1. The number of amides is 1. The van der Waals surface area contributed by atoms with Crippen LogP contribution in [0.3, 0.4) is 0 Å². The standard InChI is InChI=1S/C14H25NO/c1-6-13(14(16)15-7-2)12(5)10-8-9-11(3)4/h9H,6-8,10H2,1-5H3,(H,15,16)/b13-12+. The lowest BCUT2D eigenvalue weighted by Crippen LogP contribution is -2.25. The summed E-state index contributed by atoms with van der Waals surface area (Å²) in [6.45, 7) is 10.9. The second-order valence-electron chi connectivity index (χ2n) is 4.29. The van der Waals surface area contributed by atoms with Crippen molar-refractivity contribution in [1.29, 1.82) is 0 Å². The molecule has 0 aliphatic heterocycles. The lowest BCUT2D eigenvalue weighted by Gasteiger charge is -2.09. The summed E-state index contributed by atoms with van der Waals surface area (Å²) in [5, 5.41) is 2.86. The third-order valence-corrected chi connectivity index (χ3v) is 2.55. The van der Waals surface area contributed by atoms with Crippen molar-refractivity contribution in [2.75, 3.05) is 6.54 Å². The Morgan fingerprint density at radius 2 is 1.81 bits per heavy atom. The number of hydrogen-bond acceptors (Lipinski definition) is 1.